The van der Waals surface area contributed by atoms with Crippen LogP contribution in [0, 0.1) is 0 Å². The number of fused-ring (bicyclic) bond motifs is 1. The summed E-state index contributed by atoms with van der Waals surface area (Å²) < 4.78 is 6.82. The molecule has 0 bridgehead atoms. The lowest BCUT2D eigenvalue weighted by atomic mass is 10.2. The van der Waals surface area contributed by atoms with Crippen molar-refractivity contribution in [1.29, 1.82) is 0 Å². The summed E-state index contributed by atoms with van der Waals surface area (Å²) in [6, 6.07) is 8.41. The van der Waals surface area contributed by atoms with Gasteiger partial charge in [-0.1, -0.05) is 15.9 Å². The van der Waals surface area contributed by atoms with Gasteiger partial charge in [0.2, 0.25) is 0 Å². The Morgan fingerprint density at radius 2 is 2.25 bits per heavy atom. The maximum absolute atomic E-state index is 5.72. The Balaban J connectivity index is 1.97. The average Bonchev–Trinajstić information content (AvgIpc) is 2.73. The number of aromatic nitrogens is 1. The quantitative estimate of drug-likeness (QED) is 0.843. The summed E-state index contributed by atoms with van der Waals surface area (Å²) in [4.78, 5) is 3.41. The van der Waals surface area contributed by atoms with Crippen molar-refractivity contribution >= 4 is 26.8 Å². The monoisotopic (exact) mass is 280 g/mol. The van der Waals surface area contributed by atoms with E-state index in [0.717, 1.165) is 35.4 Å². The second kappa shape index (κ2) is 4.20. The molecule has 2 aromatic rings. The van der Waals surface area contributed by atoms with Crippen LogP contribution in [0.15, 0.2) is 28.7 Å². The SMILES string of the molecule is Brc1ccc2[nH]c(C3CNCCO3)cc2c1. The second-order valence-corrected chi connectivity index (χ2v) is 4.94. The summed E-state index contributed by atoms with van der Waals surface area (Å²) in [5.41, 5.74) is 2.31. The third kappa shape index (κ3) is 1.88. The number of benzene rings is 1. The van der Waals surface area contributed by atoms with Gasteiger partial charge in [-0.3, -0.25) is 0 Å². The predicted octanol–water partition coefficient (Wildman–Crippen LogP) is 2.59. The Morgan fingerprint density at radius 1 is 1.31 bits per heavy atom. The molecule has 1 fully saturated rings. The molecule has 1 aromatic heterocycles. The van der Waals surface area contributed by atoms with Gasteiger partial charge in [-0.15, -0.1) is 0 Å². The number of ether oxygens (including phenoxy) is 1. The first-order valence-corrected chi connectivity index (χ1v) is 6.23. The minimum Gasteiger partial charge on any atom is -0.369 e. The molecule has 84 valence electrons. The molecule has 1 saturated heterocycles. The van der Waals surface area contributed by atoms with Gasteiger partial charge in [0.15, 0.2) is 0 Å². The maximum Gasteiger partial charge on any atom is 0.110 e. The van der Waals surface area contributed by atoms with Gasteiger partial charge in [-0.25, -0.2) is 0 Å². The Bertz CT molecular complexity index is 503. The van der Waals surface area contributed by atoms with Crippen LogP contribution in [0.3, 0.4) is 0 Å². The first kappa shape index (κ1) is 10.3. The number of H-pyrrole nitrogens is 1. The smallest absolute Gasteiger partial charge is 0.110 e. The van der Waals surface area contributed by atoms with Crippen molar-refractivity contribution < 1.29 is 4.74 Å². The summed E-state index contributed by atoms with van der Waals surface area (Å²) in [6.45, 7) is 2.61. The summed E-state index contributed by atoms with van der Waals surface area (Å²) in [7, 11) is 0. The Hall–Kier alpha value is -0.840. The van der Waals surface area contributed by atoms with Crippen LogP contribution in [-0.4, -0.2) is 24.7 Å². The van der Waals surface area contributed by atoms with E-state index in [1.54, 1.807) is 0 Å². The normalized spacial score (nSPS) is 21.4. The average molecular weight is 281 g/mol. The number of aromatic amines is 1. The van der Waals surface area contributed by atoms with E-state index in [2.05, 4.69) is 44.4 Å². The van der Waals surface area contributed by atoms with Gasteiger partial charge in [0.25, 0.3) is 0 Å². The van der Waals surface area contributed by atoms with E-state index >= 15 is 0 Å². The zero-order chi connectivity index (χ0) is 11.0. The highest BCUT2D eigenvalue weighted by Gasteiger charge is 2.17. The van der Waals surface area contributed by atoms with Gasteiger partial charge in [0.05, 0.1) is 6.61 Å². The fourth-order valence-electron chi connectivity index (χ4n) is 2.06. The molecular formula is C12H13BrN2O. The van der Waals surface area contributed by atoms with Crippen LogP contribution >= 0.6 is 15.9 Å². The van der Waals surface area contributed by atoms with E-state index in [9.17, 15) is 0 Å². The van der Waals surface area contributed by atoms with Crippen LogP contribution in [0.4, 0.5) is 0 Å². The van der Waals surface area contributed by atoms with Crippen LogP contribution in [0.25, 0.3) is 10.9 Å². The summed E-state index contributed by atoms with van der Waals surface area (Å²) in [6.07, 6.45) is 0.153. The fraction of sp³-hybridized carbons (Fsp3) is 0.333. The molecule has 1 atom stereocenters. The first-order valence-electron chi connectivity index (χ1n) is 5.43. The van der Waals surface area contributed by atoms with Crippen LogP contribution in [0.1, 0.15) is 11.8 Å². The van der Waals surface area contributed by atoms with E-state index in [1.807, 2.05) is 6.07 Å². The molecule has 1 aromatic carbocycles. The highest BCUT2D eigenvalue weighted by atomic mass is 79.9. The molecule has 3 nitrogen and oxygen atoms in total. The number of hydrogen-bond donors (Lipinski definition) is 2. The van der Waals surface area contributed by atoms with Gasteiger partial charge in [-0.05, 0) is 24.3 Å². The van der Waals surface area contributed by atoms with Crippen molar-refractivity contribution in [3.05, 3.63) is 34.4 Å². The van der Waals surface area contributed by atoms with Crippen molar-refractivity contribution in [2.75, 3.05) is 19.7 Å². The molecule has 0 aliphatic carbocycles. The molecule has 4 heteroatoms. The number of halogens is 1. The Morgan fingerprint density at radius 3 is 3.06 bits per heavy atom. The van der Waals surface area contributed by atoms with Crippen molar-refractivity contribution in [3.8, 4) is 0 Å². The lowest BCUT2D eigenvalue weighted by Crippen LogP contribution is -2.33. The van der Waals surface area contributed by atoms with Crippen molar-refractivity contribution in [2.45, 2.75) is 6.10 Å². The van der Waals surface area contributed by atoms with E-state index in [0.29, 0.717) is 0 Å². The second-order valence-electron chi connectivity index (χ2n) is 4.02. The van der Waals surface area contributed by atoms with E-state index in [-0.39, 0.29) is 6.10 Å². The fourth-order valence-corrected chi connectivity index (χ4v) is 2.44. The third-order valence-corrected chi connectivity index (χ3v) is 3.37. The molecule has 16 heavy (non-hydrogen) atoms. The van der Waals surface area contributed by atoms with Gasteiger partial charge in [0, 0.05) is 34.2 Å². The van der Waals surface area contributed by atoms with Gasteiger partial charge >= 0.3 is 0 Å². The highest BCUT2D eigenvalue weighted by molar-refractivity contribution is 9.10. The van der Waals surface area contributed by atoms with Gasteiger partial charge < -0.3 is 15.0 Å². The zero-order valence-electron chi connectivity index (χ0n) is 8.79. The summed E-state index contributed by atoms with van der Waals surface area (Å²) >= 11 is 3.48. The number of nitrogens with one attached hydrogen (secondary N) is 2. The minimum atomic E-state index is 0.153. The van der Waals surface area contributed by atoms with Gasteiger partial charge in [0.1, 0.15) is 6.10 Å². The molecule has 0 amide bonds. The van der Waals surface area contributed by atoms with E-state index in [1.165, 1.54) is 5.39 Å². The Kier molecular flexibility index (Phi) is 2.71. The van der Waals surface area contributed by atoms with E-state index < -0.39 is 0 Å². The Labute approximate surface area is 102 Å². The first-order chi connectivity index (χ1) is 7.83. The molecule has 2 heterocycles. The van der Waals surface area contributed by atoms with Crippen LogP contribution in [0.5, 0.6) is 0 Å². The van der Waals surface area contributed by atoms with Crippen LogP contribution < -0.4 is 5.32 Å². The van der Waals surface area contributed by atoms with Crippen molar-refractivity contribution in [3.63, 3.8) is 0 Å². The van der Waals surface area contributed by atoms with E-state index in [4.69, 9.17) is 4.74 Å². The third-order valence-electron chi connectivity index (χ3n) is 2.88. The molecular weight excluding hydrogens is 268 g/mol. The zero-order valence-corrected chi connectivity index (χ0v) is 10.4. The van der Waals surface area contributed by atoms with Crippen molar-refractivity contribution in [1.82, 2.24) is 10.3 Å². The lowest BCUT2D eigenvalue weighted by molar-refractivity contribution is 0.0255. The molecule has 3 rings (SSSR count). The van der Waals surface area contributed by atoms with Gasteiger partial charge in [-0.2, -0.15) is 0 Å². The molecule has 2 N–H and O–H groups in total. The largest absolute Gasteiger partial charge is 0.369 e. The van der Waals surface area contributed by atoms with Crippen molar-refractivity contribution in [2.24, 2.45) is 0 Å². The summed E-state index contributed by atoms with van der Waals surface area (Å²) in [5, 5.41) is 4.56. The molecule has 0 radical (unpaired) electrons. The maximum atomic E-state index is 5.72. The number of rotatable bonds is 1. The number of hydrogen-bond acceptors (Lipinski definition) is 2. The lowest BCUT2D eigenvalue weighted by Gasteiger charge is -2.22. The molecule has 0 spiro atoms. The minimum absolute atomic E-state index is 0.153. The predicted molar refractivity (Wildman–Crippen MR) is 67.6 cm³/mol. The topological polar surface area (TPSA) is 37.0 Å². The molecule has 0 saturated carbocycles. The van der Waals surface area contributed by atoms with Crippen LogP contribution in [0.2, 0.25) is 0 Å². The van der Waals surface area contributed by atoms with Crippen LogP contribution in [-0.2, 0) is 4.74 Å². The molecule has 1 unspecified atom stereocenters. The molecule has 1 aliphatic rings. The highest BCUT2D eigenvalue weighted by Crippen LogP contribution is 2.25. The standard InChI is InChI=1S/C12H13BrN2O/c13-9-1-2-10-8(5-9)6-11(15-10)12-7-14-3-4-16-12/h1-2,5-6,12,14-15H,3-4,7H2. The molecule has 1 aliphatic heterocycles. The summed E-state index contributed by atoms with van der Waals surface area (Å²) in [5.74, 6) is 0. The number of morpholine rings is 1.